The molecular weight excluding hydrogens is 310 g/mol. The molecule has 0 aliphatic carbocycles. The quantitative estimate of drug-likeness (QED) is 0.499. The fraction of sp³-hybridized carbons (Fsp3) is 0.353. The van der Waals surface area contributed by atoms with Gasteiger partial charge in [0, 0.05) is 6.54 Å². The van der Waals surface area contributed by atoms with Gasteiger partial charge in [-0.15, -0.1) is 0 Å². The van der Waals surface area contributed by atoms with Crippen LogP contribution in [0.5, 0.6) is 11.5 Å². The van der Waals surface area contributed by atoms with Gasteiger partial charge in [-0.25, -0.2) is 0 Å². The van der Waals surface area contributed by atoms with Crippen molar-refractivity contribution in [2.45, 2.75) is 12.5 Å². The number of aliphatic imine (C=N–C) groups is 1. The van der Waals surface area contributed by atoms with Crippen LogP contribution in [-0.4, -0.2) is 38.4 Å². The molecule has 1 heterocycles. The SMILES string of the molecule is COc1ccc(CCNC(N)=NCC(O)c2ccco2)cc1OC. The Kier molecular flexibility index (Phi) is 6.51. The van der Waals surface area contributed by atoms with Crippen LogP contribution >= 0.6 is 0 Å². The molecule has 0 saturated carbocycles. The van der Waals surface area contributed by atoms with Gasteiger partial charge in [-0.3, -0.25) is 4.99 Å². The normalized spacial score (nSPS) is 12.7. The Bertz CT molecular complexity index is 656. The van der Waals surface area contributed by atoms with E-state index in [-0.39, 0.29) is 12.5 Å². The molecule has 0 aliphatic heterocycles. The highest BCUT2D eigenvalue weighted by Crippen LogP contribution is 2.27. The van der Waals surface area contributed by atoms with Crippen molar-refractivity contribution in [3.63, 3.8) is 0 Å². The summed E-state index contributed by atoms with van der Waals surface area (Å²) in [6.45, 7) is 0.754. The molecule has 0 saturated heterocycles. The standard InChI is InChI=1S/C17H23N3O4/c1-22-15-6-5-12(10-16(15)23-2)7-8-19-17(18)20-11-13(21)14-4-3-9-24-14/h3-6,9-10,13,21H,7-8,11H2,1-2H3,(H3,18,19,20). The summed E-state index contributed by atoms with van der Waals surface area (Å²) in [5.41, 5.74) is 6.88. The van der Waals surface area contributed by atoms with Crippen LogP contribution in [-0.2, 0) is 6.42 Å². The van der Waals surface area contributed by atoms with Crippen LogP contribution in [0, 0.1) is 0 Å². The van der Waals surface area contributed by atoms with Crippen LogP contribution in [0.25, 0.3) is 0 Å². The van der Waals surface area contributed by atoms with Gasteiger partial charge in [0.05, 0.1) is 27.0 Å². The van der Waals surface area contributed by atoms with Gasteiger partial charge in [-0.2, -0.15) is 0 Å². The van der Waals surface area contributed by atoms with Crippen molar-refractivity contribution < 1.29 is 19.0 Å². The van der Waals surface area contributed by atoms with Crippen LogP contribution in [0.15, 0.2) is 46.0 Å². The molecule has 130 valence electrons. The first kappa shape index (κ1) is 17.7. The topological polar surface area (TPSA) is 102 Å². The zero-order valence-electron chi connectivity index (χ0n) is 13.9. The van der Waals surface area contributed by atoms with Gasteiger partial charge in [0.15, 0.2) is 17.5 Å². The Morgan fingerprint density at radius 1 is 1.29 bits per heavy atom. The maximum Gasteiger partial charge on any atom is 0.188 e. The molecule has 0 fully saturated rings. The third-order valence-corrected chi connectivity index (χ3v) is 3.47. The number of methoxy groups -OCH3 is 2. The predicted octanol–water partition coefficient (Wildman–Crippen LogP) is 1.48. The zero-order valence-corrected chi connectivity index (χ0v) is 13.9. The third-order valence-electron chi connectivity index (χ3n) is 3.47. The van der Waals surface area contributed by atoms with E-state index in [4.69, 9.17) is 19.6 Å². The van der Waals surface area contributed by atoms with Gasteiger partial charge in [0.2, 0.25) is 0 Å². The largest absolute Gasteiger partial charge is 0.493 e. The number of nitrogens with two attached hydrogens (primary N) is 1. The van der Waals surface area contributed by atoms with E-state index in [0.29, 0.717) is 23.8 Å². The lowest BCUT2D eigenvalue weighted by molar-refractivity contribution is 0.158. The number of nitrogens with one attached hydrogen (secondary N) is 1. The van der Waals surface area contributed by atoms with Crippen molar-refractivity contribution in [3.05, 3.63) is 47.9 Å². The molecular formula is C17H23N3O4. The molecule has 2 aromatic rings. The van der Waals surface area contributed by atoms with E-state index >= 15 is 0 Å². The van der Waals surface area contributed by atoms with Crippen LogP contribution in [0.4, 0.5) is 0 Å². The van der Waals surface area contributed by atoms with Crippen molar-refractivity contribution in [3.8, 4) is 11.5 Å². The average molecular weight is 333 g/mol. The number of hydrogen-bond acceptors (Lipinski definition) is 5. The first-order valence-electron chi connectivity index (χ1n) is 7.60. The molecule has 2 rings (SSSR count). The van der Waals surface area contributed by atoms with E-state index < -0.39 is 6.10 Å². The number of guanidine groups is 1. The Morgan fingerprint density at radius 2 is 2.08 bits per heavy atom. The molecule has 1 aromatic carbocycles. The highest BCUT2D eigenvalue weighted by atomic mass is 16.5. The van der Waals surface area contributed by atoms with Gasteiger partial charge in [0.25, 0.3) is 0 Å². The minimum absolute atomic E-state index is 0.142. The summed E-state index contributed by atoms with van der Waals surface area (Å²) in [5.74, 6) is 2.14. The Hall–Kier alpha value is -2.67. The summed E-state index contributed by atoms with van der Waals surface area (Å²) in [4.78, 5) is 4.10. The molecule has 1 atom stereocenters. The lowest BCUT2D eigenvalue weighted by Crippen LogP contribution is -2.33. The second-order valence-electron chi connectivity index (χ2n) is 5.12. The van der Waals surface area contributed by atoms with E-state index in [9.17, 15) is 5.11 Å². The molecule has 0 radical (unpaired) electrons. The molecule has 0 bridgehead atoms. The molecule has 0 amide bonds. The molecule has 4 N–H and O–H groups in total. The van der Waals surface area contributed by atoms with Crippen LogP contribution in [0.2, 0.25) is 0 Å². The van der Waals surface area contributed by atoms with E-state index in [1.807, 2.05) is 18.2 Å². The smallest absolute Gasteiger partial charge is 0.188 e. The number of aliphatic hydroxyl groups excluding tert-OH is 1. The van der Waals surface area contributed by atoms with Crippen molar-refractivity contribution in [1.82, 2.24) is 5.32 Å². The first-order chi connectivity index (χ1) is 11.6. The van der Waals surface area contributed by atoms with Gasteiger partial charge >= 0.3 is 0 Å². The van der Waals surface area contributed by atoms with Crippen molar-refractivity contribution in [1.29, 1.82) is 0 Å². The first-order valence-corrected chi connectivity index (χ1v) is 7.60. The fourth-order valence-electron chi connectivity index (χ4n) is 2.18. The second-order valence-corrected chi connectivity index (χ2v) is 5.12. The van der Waals surface area contributed by atoms with E-state index in [1.54, 1.807) is 26.4 Å². The van der Waals surface area contributed by atoms with Crippen molar-refractivity contribution in [2.75, 3.05) is 27.3 Å². The Labute approximate surface area is 141 Å². The number of hydrogen-bond donors (Lipinski definition) is 3. The summed E-state index contributed by atoms with van der Waals surface area (Å²) in [7, 11) is 3.21. The maximum absolute atomic E-state index is 9.86. The molecule has 1 aromatic heterocycles. The monoisotopic (exact) mass is 333 g/mol. The molecule has 0 aliphatic rings. The molecule has 7 nitrogen and oxygen atoms in total. The molecule has 7 heteroatoms. The van der Waals surface area contributed by atoms with E-state index in [0.717, 1.165) is 12.0 Å². The van der Waals surface area contributed by atoms with Crippen LogP contribution in [0.1, 0.15) is 17.4 Å². The Balaban J connectivity index is 1.79. The second kappa shape index (κ2) is 8.83. The summed E-state index contributed by atoms with van der Waals surface area (Å²) >= 11 is 0. The number of benzene rings is 1. The third kappa shape index (κ3) is 4.92. The number of nitrogens with zero attached hydrogens (tertiary/aromatic N) is 1. The minimum atomic E-state index is -0.800. The predicted molar refractivity (Wildman–Crippen MR) is 91.4 cm³/mol. The van der Waals surface area contributed by atoms with Gasteiger partial charge in [-0.1, -0.05) is 6.07 Å². The maximum atomic E-state index is 9.86. The Morgan fingerprint density at radius 3 is 2.75 bits per heavy atom. The van der Waals surface area contributed by atoms with E-state index in [1.165, 1.54) is 6.26 Å². The highest BCUT2D eigenvalue weighted by Gasteiger charge is 2.09. The number of furan rings is 1. The minimum Gasteiger partial charge on any atom is -0.493 e. The van der Waals surface area contributed by atoms with Crippen LogP contribution < -0.4 is 20.5 Å². The van der Waals surface area contributed by atoms with Crippen LogP contribution in [0.3, 0.4) is 0 Å². The summed E-state index contributed by atoms with van der Waals surface area (Å²) in [6.07, 6.45) is 1.45. The molecule has 24 heavy (non-hydrogen) atoms. The summed E-state index contributed by atoms with van der Waals surface area (Å²) in [5, 5.41) is 12.9. The van der Waals surface area contributed by atoms with Crippen molar-refractivity contribution >= 4 is 5.96 Å². The summed E-state index contributed by atoms with van der Waals surface area (Å²) < 4.78 is 15.6. The van der Waals surface area contributed by atoms with Gasteiger partial charge < -0.3 is 30.0 Å². The zero-order chi connectivity index (χ0) is 17.4. The number of ether oxygens (including phenoxy) is 2. The fourth-order valence-corrected chi connectivity index (χ4v) is 2.18. The number of rotatable bonds is 8. The van der Waals surface area contributed by atoms with Gasteiger partial charge in [0.1, 0.15) is 11.9 Å². The highest BCUT2D eigenvalue weighted by molar-refractivity contribution is 5.77. The van der Waals surface area contributed by atoms with Gasteiger partial charge in [-0.05, 0) is 36.2 Å². The lowest BCUT2D eigenvalue weighted by Gasteiger charge is -2.10. The van der Waals surface area contributed by atoms with E-state index in [2.05, 4.69) is 10.3 Å². The molecule has 0 spiro atoms. The summed E-state index contributed by atoms with van der Waals surface area (Å²) in [6, 6.07) is 9.17. The van der Waals surface area contributed by atoms with Crippen molar-refractivity contribution in [2.24, 2.45) is 10.7 Å². The number of aliphatic hydroxyl groups is 1. The lowest BCUT2D eigenvalue weighted by atomic mass is 10.1. The molecule has 1 unspecified atom stereocenters. The average Bonchev–Trinajstić information content (AvgIpc) is 3.14.